The molecular weight excluding hydrogens is 333 g/mol. The molecule has 0 spiro atoms. The molecule has 2 aromatic carbocycles. The van der Waals surface area contributed by atoms with Gasteiger partial charge in [-0.15, -0.1) is 6.58 Å². The Hall–Kier alpha value is -3.15. The predicted octanol–water partition coefficient (Wildman–Crippen LogP) is 4.03. The minimum absolute atomic E-state index is 0.0798. The van der Waals surface area contributed by atoms with E-state index < -0.39 is 0 Å². The normalized spacial score (nSPS) is 10.1. The van der Waals surface area contributed by atoms with Gasteiger partial charge < -0.3 is 15.1 Å². The van der Waals surface area contributed by atoms with Crippen LogP contribution >= 0.6 is 0 Å². The zero-order valence-corrected chi connectivity index (χ0v) is 14.9. The summed E-state index contributed by atoms with van der Waals surface area (Å²) in [5, 5.41) is 2.78. The molecule has 2 rings (SSSR count). The van der Waals surface area contributed by atoms with E-state index in [4.69, 9.17) is 0 Å². The third kappa shape index (κ3) is 4.92. The van der Waals surface area contributed by atoms with Crippen LogP contribution in [0.4, 0.5) is 20.6 Å². The summed E-state index contributed by atoms with van der Waals surface area (Å²) in [5.41, 5.74) is 1.74. The first kappa shape index (κ1) is 19.2. The molecule has 0 unspecified atom stereocenters. The number of halogens is 1. The van der Waals surface area contributed by atoms with Gasteiger partial charge in [0.25, 0.3) is 0 Å². The van der Waals surface area contributed by atoms with Crippen LogP contribution in [-0.4, -0.2) is 30.4 Å². The third-order valence-electron chi connectivity index (χ3n) is 3.93. The number of hydrogen-bond donors (Lipinski definition) is 1. The lowest BCUT2D eigenvalue weighted by atomic mass is 10.2. The van der Waals surface area contributed by atoms with Crippen LogP contribution in [0.2, 0.25) is 0 Å². The molecule has 136 valence electrons. The van der Waals surface area contributed by atoms with Gasteiger partial charge >= 0.3 is 6.03 Å². The van der Waals surface area contributed by atoms with Gasteiger partial charge in [-0.1, -0.05) is 24.3 Å². The molecule has 0 aliphatic carbocycles. The number of benzene rings is 2. The Balaban J connectivity index is 2.08. The van der Waals surface area contributed by atoms with E-state index in [1.54, 1.807) is 55.6 Å². The lowest BCUT2D eigenvalue weighted by Crippen LogP contribution is -2.34. The summed E-state index contributed by atoms with van der Waals surface area (Å²) in [4.78, 5) is 26.9. The van der Waals surface area contributed by atoms with Gasteiger partial charge in [-0.05, 0) is 30.3 Å². The molecular formula is C20H22FN3O2. The van der Waals surface area contributed by atoms with Crippen LogP contribution in [0.1, 0.15) is 12.5 Å². The Labute approximate surface area is 152 Å². The molecule has 0 aliphatic rings. The fraction of sp³-hybridized carbons (Fsp3) is 0.200. The number of amides is 3. The summed E-state index contributed by atoms with van der Waals surface area (Å²) >= 11 is 0. The molecule has 1 N–H and O–H groups in total. The van der Waals surface area contributed by atoms with Crippen LogP contribution in [0.25, 0.3) is 0 Å². The number of carbonyl (C=O) groups is 2. The van der Waals surface area contributed by atoms with Crippen molar-refractivity contribution in [3.05, 3.63) is 72.6 Å². The molecule has 0 aliphatic heterocycles. The SMILES string of the molecule is C=CCN(Cc1ccccc1F)C(=O)Nc1ccc(N(C)C(C)=O)cc1. The van der Waals surface area contributed by atoms with Gasteiger partial charge in [0.05, 0.1) is 6.54 Å². The quantitative estimate of drug-likeness (QED) is 0.796. The molecule has 6 heteroatoms. The second-order valence-electron chi connectivity index (χ2n) is 5.82. The third-order valence-corrected chi connectivity index (χ3v) is 3.93. The van der Waals surface area contributed by atoms with E-state index in [0.717, 1.165) is 5.69 Å². The van der Waals surface area contributed by atoms with E-state index in [0.29, 0.717) is 11.3 Å². The smallest absolute Gasteiger partial charge is 0.316 e. The summed E-state index contributed by atoms with van der Waals surface area (Å²) in [7, 11) is 1.68. The zero-order chi connectivity index (χ0) is 19.1. The van der Waals surface area contributed by atoms with E-state index >= 15 is 0 Å². The maximum Gasteiger partial charge on any atom is 0.322 e. The average molecular weight is 355 g/mol. The fourth-order valence-electron chi connectivity index (χ4n) is 2.36. The average Bonchev–Trinajstić information content (AvgIpc) is 2.63. The minimum Gasteiger partial charge on any atom is -0.316 e. The lowest BCUT2D eigenvalue weighted by Gasteiger charge is -2.22. The largest absolute Gasteiger partial charge is 0.322 e. The first-order chi connectivity index (χ1) is 12.4. The number of carbonyl (C=O) groups excluding carboxylic acids is 2. The number of urea groups is 1. The highest BCUT2D eigenvalue weighted by Gasteiger charge is 2.15. The Bertz CT molecular complexity index is 790. The maximum atomic E-state index is 13.8. The van der Waals surface area contributed by atoms with Crippen molar-refractivity contribution in [1.82, 2.24) is 4.90 Å². The highest BCUT2D eigenvalue weighted by molar-refractivity contribution is 5.92. The molecule has 0 fully saturated rings. The standard InChI is InChI=1S/C20H22FN3O2/c1-4-13-24(14-16-7-5-6-8-19(16)21)20(26)22-17-9-11-18(12-10-17)23(3)15(2)25/h4-12H,1,13-14H2,2-3H3,(H,22,26). The first-order valence-electron chi connectivity index (χ1n) is 8.17. The van der Waals surface area contributed by atoms with Gasteiger partial charge in [0, 0.05) is 37.5 Å². The van der Waals surface area contributed by atoms with Gasteiger partial charge in [-0.2, -0.15) is 0 Å². The van der Waals surface area contributed by atoms with E-state index in [1.165, 1.54) is 22.8 Å². The van der Waals surface area contributed by atoms with Gasteiger partial charge in [-0.25, -0.2) is 9.18 Å². The van der Waals surface area contributed by atoms with Crippen molar-refractivity contribution in [2.75, 3.05) is 23.8 Å². The van der Waals surface area contributed by atoms with Crippen LogP contribution in [0, 0.1) is 5.82 Å². The van der Waals surface area contributed by atoms with Crippen LogP contribution in [0.3, 0.4) is 0 Å². The molecule has 5 nitrogen and oxygen atoms in total. The maximum absolute atomic E-state index is 13.8. The van der Waals surface area contributed by atoms with E-state index in [-0.39, 0.29) is 30.8 Å². The summed E-state index contributed by atoms with van der Waals surface area (Å²) in [6, 6.07) is 12.9. The van der Waals surface area contributed by atoms with Gasteiger partial charge in [0.15, 0.2) is 0 Å². The lowest BCUT2D eigenvalue weighted by molar-refractivity contribution is -0.116. The second-order valence-corrected chi connectivity index (χ2v) is 5.82. The highest BCUT2D eigenvalue weighted by atomic mass is 19.1. The predicted molar refractivity (Wildman–Crippen MR) is 102 cm³/mol. The Morgan fingerprint density at radius 3 is 2.38 bits per heavy atom. The number of nitrogens with zero attached hydrogens (tertiary/aromatic N) is 2. The van der Waals surface area contributed by atoms with Gasteiger partial charge in [-0.3, -0.25) is 4.79 Å². The van der Waals surface area contributed by atoms with Crippen molar-refractivity contribution in [2.45, 2.75) is 13.5 Å². The Morgan fingerprint density at radius 1 is 1.15 bits per heavy atom. The summed E-state index contributed by atoms with van der Waals surface area (Å²) < 4.78 is 13.8. The summed E-state index contributed by atoms with van der Waals surface area (Å²) in [6.07, 6.45) is 1.59. The Kier molecular flexibility index (Phi) is 6.49. The van der Waals surface area contributed by atoms with Crippen molar-refractivity contribution in [2.24, 2.45) is 0 Å². The number of rotatable bonds is 6. The van der Waals surface area contributed by atoms with E-state index in [2.05, 4.69) is 11.9 Å². The van der Waals surface area contributed by atoms with Crippen LogP contribution < -0.4 is 10.2 Å². The molecule has 0 aromatic heterocycles. The monoisotopic (exact) mass is 355 g/mol. The fourth-order valence-corrected chi connectivity index (χ4v) is 2.36. The first-order valence-corrected chi connectivity index (χ1v) is 8.17. The molecule has 0 bridgehead atoms. The van der Waals surface area contributed by atoms with Crippen LogP contribution in [-0.2, 0) is 11.3 Å². The second kappa shape index (κ2) is 8.80. The molecule has 0 saturated heterocycles. The van der Waals surface area contributed by atoms with Crippen LogP contribution in [0.15, 0.2) is 61.2 Å². The summed E-state index contributed by atoms with van der Waals surface area (Å²) in [5.74, 6) is -0.435. The van der Waals surface area contributed by atoms with E-state index in [1.807, 2.05) is 0 Å². The number of hydrogen-bond acceptors (Lipinski definition) is 2. The van der Waals surface area contributed by atoms with Gasteiger partial charge in [0.1, 0.15) is 5.82 Å². The van der Waals surface area contributed by atoms with Crippen molar-refractivity contribution in [3.63, 3.8) is 0 Å². The van der Waals surface area contributed by atoms with Crippen molar-refractivity contribution in [3.8, 4) is 0 Å². The number of nitrogens with one attached hydrogen (secondary N) is 1. The Morgan fingerprint density at radius 2 is 1.81 bits per heavy atom. The van der Waals surface area contributed by atoms with Crippen molar-refractivity contribution < 1.29 is 14.0 Å². The minimum atomic E-state index is -0.360. The topological polar surface area (TPSA) is 52.7 Å². The number of anilines is 2. The van der Waals surface area contributed by atoms with Crippen molar-refractivity contribution >= 4 is 23.3 Å². The molecule has 3 amide bonds. The van der Waals surface area contributed by atoms with E-state index in [9.17, 15) is 14.0 Å². The van der Waals surface area contributed by atoms with Crippen LogP contribution in [0.5, 0.6) is 0 Å². The molecule has 0 atom stereocenters. The zero-order valence-electron chi connectivity index (χ0n) is 14.9. The van der Waals surface area contributed by atoms with Crippen molar-refractivity contribution in [1.29, 1.82) is 0 Å². The summed E-state index contributed by atoms with van der Waals surface area (Å²) in [6.45, 7) is 5.54. The molecule has 0 saturated carbocycles. The molecule has 0 heterocycles. The highest BCUT2D eigenvalue weighted by Crippen LogP contribution is 2.18. The molecule has 26 heavy (non-hydrogen) atoms. The molecule has 2 aromatic rings. The molecule has 0 radical (unpaired) electrons. The van der Waals surface area contributed by atoms with Gasteiger partial charge in [0.2, 0.25) is 5.91 Å².